The molecule has 0 radical (unpaired) electrons. The molecule has 0 aliphatic carbocycles. The molecule has 0 amide bonds. The molecule has 0 saturated heterocycles. The maximum absolute atomic E-state index is 12.7. The Morgan fingerprint density at radius 3 is 2.71 bits per heavy atom. The molecule has 1 heterocycles. The molecule has 0 unspecified atom stereocenters. The first-order valence-corrected chi connectivity index (χ1v) is 5.49. The molecule has 1 aromatic heterocycles. The molecule has 3 nitrogen and oxygen atoms in total. The van der Waals surface area contributed by atoms with Crippen molar-refractivity contribution in [2.45, 2.75) is 19.8 Å². The van der Waals surface area contributed by atoms with Crippen LogP contribution in [0.5, 0.6) is 0 Å². The Morgan fingerprint density at radius 2 is 2.18 bits per heavy atom. The summed E-state index contributed by atoms with van der Waals surface area (Å²) in [6.07, 6.45) is -3.13. The number of pyridine rings is 1. The standard InChI is InChI=1S/C10H9Cl2F2NO2/c1-2-17-7(16)4-5-3-6(11)9(12)15-8(5)10(13)14/h3,10H,2,4H2,1H3. The number of alkyl halides is 2. The zero-order valence-electron chi connectivity index (χ0n) is 8.84. The molecular weight excluding hydrogens is 275 g/mol. The van der Waals surface area contributed by atoms with E-state index >= 15 is 0 Å². The largest absolute Gasteiger partial charge is 0.466 e. The van der Waals surface area contributed by atoms with Crippen LogP contribution in [0.15, 0.2) is 6.07 Å². The van der Waals surface area contributed by atoms with Gasteiger partial charge in [0.25, 0.3) is 6.43 Å². The maximum atomic E-state index is 12.7. The average molecular weight is 284 g/mol. The fraction of sp³-hybridized carbons (Fsp3) is 0.400. The summed E-state index contributed by atoms with van der Waals surface area (Å²) >= 11 is 11.2. The molecule has 0 bridgehead atoms. The summed E-state index contributed by atoms with van der Waals surface area (Å²) in [5, 5.41) is -0.190. The number of esters is 1. The lowest BCUT2D eigenvalue weighted by Crippen LogP contribution is -2.10. The molecule has 17 heavy (non-hydrogen) atoms. The first kappa shape index (κ1) is 14.1. The van der Waals surface area contributed by atoms with Crippen molar-refractivity contribution < 1.29 is 18.3 Å². The number of ether oxygens (including phenoxy) is 1. The summed E-state index contributed by atoms with van der Waals surface area (Å²) in [7, 11) is 0. The first-order chi connectivity index (χ1) is 7.95. The molecule has 0 aliphatic rings. The molecule has 1 rings (SSSR count). The van der Waals surface area contributed by atoms with E-state index in [4.69, 9.17) is 23.2 Å². The van der Waals surface area contributed by atoms with Crippen LogP contribution in [-0.2, 0) is 16.0 Å². The number of rotatable bonds is 4. The number of hydrogen-bond acceptors (Lipinski definition) is 3. The number of nitrogens with zero attached hydrogens (tertiary/aromatic N) is 1. The molecule has 0 spiro atoms. The summed E-state index contributed by atoms with van der Waals surface area (Å²) in [4.78, 5) is 14.7. The summed E-state index contributed by atoms with van der Waals surface area (Å²) in [5.41, 5.74) is -0.527. The van der Waals surface area contributed by atoms with Gasteiger partial charge in [0.15, 0.2) is 0 Å². The lowest BCUT2D eigenvalue weighted by Gasteiger charge is -2.09. The van der Waals surface area contributed by atoms with Crippen molar-refractivity contribution in [3.63, 3.8) is 0 Å². The average Bonchev–Trinajstić information content (AvgIpc) is 2.23. The van der Waals surface area contributed by atoms with Gasteiger partial charge in [-0.2, -0.15) is 0 Å². The van der Waals surface area contributed by atoms with Gasteiger partial charge in [-0.05, 0) is 18.6 Å². The predicted molar refractivity (Wildman–Crippen MR) is 59.6 cm³/mol. The maximum Gasteiger partial charge on any atom is 0.310 e. The minimum atomic E-state index is -2.82. The third kappa shape index (κ3) is 3.78. The Labute approximate surface area is 107 Å². The summed E-state index contributed by atoms with van der Waals surface area (Å²) < 4.78 is 30.0. The summed E-state index contributed by atoms with van der Waals surface area (Å²) in [6, 6.07) is 1.20. The molecule has 0 aromatic carbocycles. The lowest BCUT2D eigenvalue weighted by molar-refractivity contribution is -0.142. The second kappa shape index (κ2) is 6.12. The molecule has 0 fully saturated rings. The third-order valence-electron chi connectivity index (χ3n) is 1.89. The number of hydrogen-bond donors (Lipinski definition) is 0. The monoisotopic (exact) mass is 283 g/mol. The smallest absolute Gasteiger partial charge is 0.310 e. The van der Waals surface area contributed by atoms with Gasteiger partial charge >= 0.3 is 5.97 Å². The van der Waals surface area contributed by atoms with Crippen LogP contribution in [0, 0.1) is 0 Å². The van der Waals surface area contributed by atoms with E-state index in [2.05, 4.69) is 9.72 Å². The van der Waals surface area contributed by atoms with Crippen molar-refractivity contribution in [3.05, 3.63) is 27.5 Å². The number of halogens is 4. The van der Waals surface area contributed by atoms with Crippen molar-refractivity contribution in [1.82, 2.24) is 4.98 Å². The van der Waals surface area contributed by atoms with Crippen LogP contribution >= 0.6 is 23.2 Å². The molecule has 94 valence electrons. The molecule has 1 aromatic rings. The van der Waals surface area contributed by atoms with Crippen molar-refractivity contribution in [3.8, 4) is 0 Å². The Hall–Kier alpha value is -0.940. The summed E-state index contributed by atoms with van der Waals surface area (Å²) in [5.74, 6) is -0.616. The topological polar surface area (TPSA) is 39.2 Å². The molecule has 0 aliphatic heterocycles. The van der Waals surface area contributed by atoms with E-state index in [9.17, 15) is 13.6 Å². The van der Waals surface area contributed by atoms with E-state index in [1.54, 1.807) is 6.92 Å². The van der Waals surface area contributed by atoms with Crippen LogP contribution in [0.25, 0.3) is 0 Å². The molecule has 0 atom stereocenters. The van der Waals surface area contributed by atoms with Gasteiger partial charge < -0.3 is 4.74 Å². The van der Waals surface area contributed by atoms with Crippen LogP contribution in [-0.4, -0.2) is 17.6 Å². The van der Waals surface area contributed by atoms with Crippen LogP contribution in [0.3, 0.4) is 0 Å². The SMILES string of the molecule is CCOC(=O)Cc1cc(Cl)c(Cl)nc1C(F)F. The van der Waals surface area contributed by atoms with Gasteiger partial charge in [0.2, 0.25) is 0 Å². The minimum Gasteiger partial charge on any atom is -0.466 e. The predicted octanol–water partition coefficient (Wildman–Crippen LogP) is 3.43. The summed E-state index contributed by atoms with van der Waals surface area (Å²) in [6.45, 7) is 1.80. The van der Waals surface area contributed by atoms with E-state index in [0.717, 1.165) is 0 Å². The van der Waals surface area contributed by atoms with Crippen molar-refractivity contribution in [2.75, 3.05) is 6.61 Å². The molecule has 0 saturated carbocycles. The fourth-order valence-corrected chi connectivity index (χ4v) is 1.54. The van der Waals surface area contributed by atoms with E-state index in [-0.39, 0.29) is 28.8 Å². The lowest BCUT2D eigenvalue weighted by atomic mass is 10.1. The van der Waals surface area contributed by atoms with Gasteiger partial charge in [-0.1, -0.05) is 23.2 Å². The molecular formula is C10H9Cl2F2NO2. The van der Waals surface area contributed by atoms with E-state index in [1.165, 1.54) is 6.07 Å². The van der Waals surface area contributed by atoms with Gasteiger partial charge in [-0.15, -0.1) is 0 Å². The van der Waals surface area contributed by atoms with Gasteiger partial charge in [0.1, 0.15) is 10.8 Å². The second-order valence-corrected chi connectivity index (χ2v) is 3.85. The minimum absolute atomic E-state index is 0.0212. The van der Waals surface area contributed by atoms with Crippen LogP contribution in [0.1, 0.15) is 24.6 Å². The van der Waals surface area contributed by atoms with Crippen LogP contribution < -0.4 is 0 Å². The first-order valence-electron chi connectivity index (χ1n) is 4.74. The van der Waals surface area contributed by atoms with Crippen LogP contribution in [0.4, 0.5) is 8.78 Å². The highest BCUT2D eigenvalue weighted by Crippen LogP contribution is 2.28. The fourth-order valence-electron chi connectivity index (χ4n) is 1.22. The Morgan fingerprint density at radius 1 is 1.53 bits per heavy atom. The number of carbonyl (C=O) groups is 1. The second-order valence-electron chi connectivity index (χ2n) is 3.09. The van der Waals surface area contributed by atoms with Crippen molar-refractivity contribution >= 4 is 29.2 Å². The normalized spacial score (nSPS) is 10.7. The van der Waals surface area contributed by atoms with E-state index in [1.807, 2.05) is 0 Å². The molecule has 0 N–H and O–H groups in total. The number of carbonyl (C=O) groups excluding carboxylic acids is 1. The quantitative estimate of drug-likeness (QED) is 0.628. The van der Waals surface area contributed by atoms with Gasteiger partial charge in [0.05, 0.1) is 18.1 Å². The van der Waals surface area contributed by atoms with Crippen molar-refractivity contribution in [1.29, 1.82) is 0 Å². The Kier molecular flexibility index (Phi) is 5.08. The zero-order valence-corrected chi connectivity index (χ0v) is 10.4. The Balaban J connectivity index is 3.04. The van der Waals surface area contributed by atoms with Gasteiger partial charge in [-0.25, -0.2) is 13.8 Å². The highest BCUT2D eigenvalue weighted by molar-refractivity contribution is 6.41. The van der Waals surface area contributed by atoms with Crippen molar-refractivity contribution in [2.24, 2.45) is 0 Å². The van der Waals surface area contributed by atoms with E-state index in [0.29, 0.717) is 0 Å². The molecule has 7 heteroatoms. The van der Waals surface area contributed by atoms with Gasteiger partial charge in [0, 0.05) is 0 Å². The van der Waals surface area contributed by atoms with Gasteiger partial charge in [-0.3, -0.25) is 4.79 Å². The zero-order chi connectivity index (χ0) is 13.0. The Bertz CT molecular complexity index is 427. The highest BCUT2D eigenvalue weighted by Gasteiger charge is 2.19. The highest BCUT2D eigenvalue weighted by atomic mass is 35.5. The third-order valence-corrected chi connectivity index (χ3v) is 2.57. The van der Waals surface area contributed by atoms with E-state index < -0.39 is 18.1 Å². The van der Waals surface area contributed by atoms with Crippen LogP contribution in [0.2, 0.25) is 10.2 Å². The number of aromatic nitrogens is 1.